The Morgan fingerprint density at radius 1 is 1.14 bits per heavy atom. The molecular formula is C20H19F2N7. The Morgan fingerprint density at radius 3 is 2.66 bits per heavy atom. The van der Waals surface area contributed by atoms with E-state index in [1.807, 2.05) is 29.3 Å². The Bertz CT molecular complexity index is 1140. The lowest BCUT2D eigenvalue weighted by molar-refractivity contribution is 0.150. The smallest absolute Gasteiger partial charge is 0.266 e. The van der Waals surface area contributed by atoms with E-state index in [9.17, 15) is 8.78 Å². The van der Waals surface area contributed by atoms with Gasteiger partial charge in [0.1, 0.15) is 6.04 Å². The van der Waals surface area contributed by atoms with Crippen LogP contribution in [0.1, 0.15) is 46.4 Å². The molecule has 0 amide bonds. The minimum Gasteiger partial charge on any atom is -0.348 e. The van der Waals surface area contributed by atoms with Gasteiger partial charge in [-0.25, -0.2) is 28.2 Å². The molecule has 0 bridgehead atoms. The van der Waals surface area contributed by atoms with Gasteiger partial charge in [0.2, 0.25) is 5.95 Å². The maximum Gasteiger partial charge on any atom is 0.266 e. The van der Waals surface area contributed by atoms with Gasteiger partial charge in [0, 0.05) is 36.7 Å². The molecule has 4 aromatic rings. The van der Waals surface area contributed by atoms with Crippen molar-refractivity contribution in [2.45, 2.75) is 32.7 Å². The van der Waals surface area contributed by atoms with Crippen LogP contribution in [0.15, 0.2) is 36.9 Å². The molecule has 0 radical (unpaired) electrons. The largest absolute Gasteiger partial charge is 0.348 e. The number of aryl methyl sites for hydroxylation is 2. The predicted octanol–water partition coefficient (Wildman–Crippen LogP) is 3.55. The molecule has 7 nitrogen and oxygen atoms in total. The van der Waals surface area contributed by atoms with Crippen LogP contribution >= 0.6 is 0 Å². The van der Waals surface area contributed by atoms with Crippen LogP contribution < -0.4 is 4.90 Å². The summed E-state index contributed by atoms with van der Waals surface area (Å²) in [7, 11) is 0. The number of imidazole rings is 1. The number of alkyl halides is 2. The van der Waals surface area contributed by atoms with Crippen LogP contribution in [0.5, 0.6) is 0 Å². The third kappa shape index (κ3) is 2.84. The number of H-pyrrole nitrogens is 1. The van der Waals surface area contributed by atoms with Crippen LogP contribution in [0.2, 0.25) is 0 Å². The van der Waals surface area contributed by atoms with Crippen LogP contribution in [0.25, 0.3) is 5.52 Å². The molecule has 0 aromatic carbocycles. The van der Waals surface area contributed by atoms with E-state index in [4.69, 9.17) is 5.10 Å². The fraction of sp³-hybridized carbons (Fsp3) is 0.300. The fourth-order valence-corrected chi connectivity index (χ4v) is 3.87. The number of fused-ring (bicyclic) bond motifs is 2. The number of hydrogen-bond donors (Lipinski definition) is 1. The number of aromatic amines is 1. The highest BCUT2D eigenvalue weighted by molar-refractivity contribution is 5.58. The van der Waals surface area contributed by atoms with Crippen molar-refractivity contribution in [1.82, 2.24) is 29.5 Å². The standard InChI is InChI=1S/C20H19F2N7/c1-11-3-4-12(2)29-16(11)7-15(27-29)18-17-14(25-10-26-17)5-6-28(18)20-23-8-13(9-24-20)19(21)22/h3-4,7-10,18-19H,5-6H2,1-2H3,(H,25,26)/t18-/m1/s1. The number of rotatable bonds is 3. The summed E-state index contributed by atoms with van der Waals surface area (Å²) >= 11 is 0. The quantitative estimate of drug-likeness (QED) is 0.574. The van der Waals surface area contributed by atoms with Gasteiger partial charge in [-0.05, 0) is 31.5 Å². The zero-order chi connectivity index (χ0) is 20.1. The summed E-state index contributed by atoms with van der Waals surface area (Å²) in [5.74, 6) is 0.388. The van der Waals surface area contributed by atoms with Crippen molar-refractivity contribution in [2.24, 2.45) is 0 Å². The number of anilines is 1. The van der Waals surface area contributed by atoms with E-state index >= 15 is 0 Å². The van der Waals surface area contributed by atoms with Crippen molar-refractivity contribution >= 4 is 11.5 Å². The van der Waals surface area contributed by atoms with Gasteiger partial charge in [0.05, 0.1) is 28.8 Å². The molecule has 1 aliphatic heterocycles. The molecule has 0 fully saturated rings. The minimum atomic E-state index is -2.59. The van der Waals surface area contributed by atoms with E-state index in [-0.39, 0.29) is 11.6 Å². The highest BCUT2D eigenvalue weighted by Gasteiger charge is 2.34. The highest BCUT2D eigenvalue weighted by Crippen LogP contribution is 2.35. The molecule has 0 unspecified atom stereocenters. The third-order valence-electron chi connectivity index (χ3n) is 5.41. The van der Waals surface area contributed by atoms with Gasteiger partial charge in [0.15, 0.2) is 0 Å². The average molecular weight is 395 g/mol. The van der Waals surface area contributed by atoms with E-state index < -0.39 is 6.43 Å². The lowest BCUT2D eigenvalue weighted by Crippen LogP contribution is -2.37. The van der Waals surface area contributed by atoms with Crippen LogP contribution in [-0.4, -0.2) is 36.1 Å². The Labute approximate surface area is 165 Å². The second-order valence-corrected chi connectivity index (χ2v) is 7.25. The first-order valence-corrected chi connectivity index (χ1v) is 9.37. The molecule has 1 N–H and O–H groups in total. The van der Waals surface area contributed by atoms with Crippen LogP contribution in [-0.2, 0) is 6.42 Å². The normalized spacial score (nSPS) is 16.6. The monoisotopic (exact) mass is 395 g/mol. The lowest BCUT2D eigenvalue weighted by atomic mass is 10.00. The minimum absolute atomic E-state index is 0.193. The molecule has 0 spiro atoms. The second kappa shape index (κ2) is 6.61. The van der Waals surface area contributed by atoms with Crippen LogP contribution in [0, 0.1) is 13.8 Å². The maximum atomic E-state index is 12.9. The average Bonchev–Trinajstić information content (AvgIpc) is 3.38. The summed E-state index contributed by atoms with van der Waals surface area (Å²) in [5.41, 5.74) is 5.70. The summed E-state index contributed by atoms with van der Waals surface area (Å²) in [6.45, 7) is 4.68. The Kier molecular flexibility index (Phi) is 4.04. The molecule has 0 saturated heterocycles. The van der Waals surface area contributed by atoms with Crippen molar-refractivity contribution in [2.75, 3.05) is 11.4 Å². The van der Waals surface area contributed by atoms with Crippen molar-refractivity contribution in [3.8, 4) is 0 Å². The molecular weight excluding hydrogens is 376 g/mol. The second-order valence-electron chi connectivity index (χ2n) is 7.25. The molecule has 29 heavy (non-hydrogen) atoms. The van der Waals surface area contributed by atoms with Crippen LogP contribution in [0.4, 0.5) is 14.7 Å². The molecule has 0 aliphatic carbocycles. The van der Waals surface area contributed by atoms with Gasteiger partial charge < -0.3 is 9.88 Å². The molecule has 1 aliphatic rings. The summed E-state index contributed by atoms with van der Waals surface area (Å²) in [6.07, 6.45) is 2.18. The highest BCUT2D eigenvalue weighted by atomic mass is 19.3. The van der Waals surface area contributed by atoms with Crippen molar-refractivity contribution in [3.05, 3.63) is 70.8 Å². The summed E-state index contributed by atoms with van der Waals surface area (Å²) in [6, 6.07) is 5.85. The first kappa shape index (κ1) is 17.7. The van der Waals surface area contributed by atoms with Crippen molar-refractivity contribution in [1.29, 1.82) is 0 Å². The number of hydrogen-bond acceptors (Lipinski definition) is 5. The molecule has 148 valence electrons. The molecule has 4 aromatic heterocycles. The van der Waals surface area contributed by atoms with Crippen molar-refractivity contribution < 1.29 is 8.78 Å². The van der Waals surface area contributed by atoms with Gasteiger partial charge in [0.25, 0.3) is 6.43 Å². The molecule has 9 heteroatoms. The maximum absolute atomic E-state index is 12.9. The van der Waals surface area contributed by atoms with Gasteiger partial charge in [-0.1, -0.05) is 6.07 Å². The number of aromatic nitrogens is 6. The first-order chi connectivity index (χ1) is 14.0. The Hall–Kier alpha value is -3.36. The number of nitrogens with zero attached hydrogens (tertiary/aromatic N) is 6. The summed E-state index contributed by atoms with van der Waals surface area (Å²) in [5, 5.41) is 4.84. The number of pyridine rings is 1. The van der Waals surface area contributed by atoms with Gasteiger partial charge >= 0.3 is 0 Å². The van der Waals surface area contributed by atoms with E-state index in [1.54, 1.807) is 6.33 Å². The SMILES string of the molecule is Cc1ccc(C)n2nc([C@@H]3c4nc[nH]c4CCN3c3ncc(C(F)F)cn3)cc12. The Morgan fingerprint density at radius 2 is 1.93 bits per heavy atom. The first-order valence-electron chi connectivity index (χ1n) is 9.37. The van der Waals surface area contributed by atoms with Crippen LogP contribution in [0.3, 0.4) is 0 Å². The lowest BCUT2D eigenvalue weighted by Gasteiger charge is -2.33. The molecule has 1 atom stereocenters. The summed E-state index contributed by atoms with van der Waals surface area (Å²) < 4.78 is 27.7. The van der Waals surface area contributed by atoms with Gasteiger partial charge in [-0.3, -0.25) is 0 Å². The molecule has 5 rings (SSSR count). The van der Waals surface area contributed by atoms with Crippen molar-refractivity contribution in [3.63, 3.8) is 0 Å². The van der Waals surface area contributed by atoms with Gasteiger partial charge in [-0.15, -0.1) is 0 Å². The van der Waals surface area contributed by atoms with E-state index in [0.29, 0.717) is 12.5 Å². The zero-order valence-corrected chi connectivity index (χ0v) is 16.0. The van der Waals surface area contributed by atoms with E-state index in [2.05, 4.69) is 32.1 Å². The zero-order valence-electron chi connectivity index (χ0n) is 16.0. The van der Waals surface area contributed by atoms with Gasteiger partial charge in [-0.2, -0.15) is 5.10 Å². The van der Waals surface area contributed by atoms with E-state index in [0.717, 1.165) is 40.3 Å². The Balaban J connectivity index is 1.64. The van der Waals surface area contributed by atoms with E-state index in [1.165, 1.54) is 12.4 Å². The predicted molar refractivity (Wildman–Crippen MR) is 103 cm³/mol. The summed E-state index contributed by atoms with van der Waals surface area (Å²) in [4.78, 5) is 18.1. The number of halogens is 2. The number of nitrogens with one attached hydrogen (secondary N) is 1. The molecule has 0 saturated carbocycles. The fourth-order valence-electron chi connectivity index (χ4n) is 3.87. The molecule has 5 heterocycles. The third-order valence-corrected chi connectivity index (χ3v) is 5.41. The topological polar surface area (TPSA) is 75.0 Å².